The van der Waals surface area contributed by atoms with Gasteiger partial charge in [-0.25, -0.2) is 0 Å². The summed E-state index contributed by atoms with van der Waals surface area (Å²) in [5, 5.41) is 20.1. The van der Waals surface area contributed by atoms with E-state index in [0.29, 0.717) is 11.1 Å². The molecule has 2 N–H and O–H groups in total. The molecule has 3 nitrogen and oxygen atoms in total. The molecular weight excluding hydrogens is 336 g/mol. The van der Waals surface area contributed by atoms with Crippen molar-refractivity contribution in [1.29, 1.82) is 0 Å². The zero-order valence-electron chi connectivity index (χ0n) is 14.6. The Morgan fingerprint density at radius 3 is 2.30 bits per heavy atom. The van der Waals surface area contributed by atoms with Gasteiger partial charge in [-0.3, -0.25) is 4.79 Å². The van der Waals surface area contributed by atoms with Crippen LogP contribution in [0, 0.1) is 0 Å². The third-order valence-electron chi connectivity index (χ3n) is 4.76. The lowest BCUT2D eigenvalue weighted by Crippen LogP contribution is -2.14. The molecule has 0 heterocycles. The number of carbonyl (C=O) groups is 1. The van der Waals surface area contributed by atoms with Crippen LogP contribution in [0.3, 0.4) is 0 Å². The summed E-state index contributed by atoms with van der Waals surface area (Å²) in [6.07, 6.45) is 3.67. The second-order valence-corrected chi connectivity index (χ2v) is 6.48. The van der Waals surface area contributed by atoms with Crippen LogP contribution in [0.15, 0.2) is 78.5 Å². The van der Waals surface area contributed by atoms with Crippen LogP contribution in [0.2, 0.25) is 0 Å². The van der Waals surface area contributed by atoms with E-state index < -0.39 is 0 Å². The average molecular weight is 354 g/mol. The average Bonchev–Trinajstić information content (AvgIpc) is 2.70. The normalized spacial score (nSPS) is 12.1. The second kappa shape index (κ2) is 6.99. The van der Waals surface area contributed by atoms with Gasteiger partial charge in [-0.15, -0.1) is 5.73 Å². The van der Waals surface area contributed by atoms with Crippen molar-refractivity contribution >= 4 is 11.4 Å². The number of benzene rings is 3. The number of hydrogen-bond acceptors (Lipinski definition) is 3. The summed E-state index contributed by atoms with van der Waals surface area (Å²) < 4.78 is 0. The first-order valence-electron chi connectivity index (χ1n) is 8.85. The number of phenols is 2. The molecule has 132 valence electrons. The largest absolute Gasteiger partial charge is 0.504 e. The van der Waals surface area contributed by atoms with Crippen molar-refractivity contribution in [2.75, 3.05) is 0 Å². The van der Waals surface area contributed by atoms with Gasteiger partial charge in [0.2, 0.25) is 0 Å². The van der Waals surface area contributed by atoms with Crippen molar-refractivity contribution in [3.05, 3.63) is 106 Å². The number of hydrogen-bond donors (Lipinski definition) is 2. The van der Waals surface area contributed by atoms with Gasteiger partial charge in [0, 0.05) is 22.3 Å². The molecule has 1 aliphatic carbocycles. The first-order valence-corrected chi connectivity index (χ1v) is 8.85. The van der Waals surface area contributed by atoms with E-state index in [0.717, 1.165) is 24.0 Å². The summed E-state index contributed by atoms with van der Waals surface area (Å²) in [6.45, 7) is 0. The molecule has 3 heteroatoms. The zero-order chi connectivity index (χ0) is 18.8. The highest BCUT2D eigenvalue weighted by molar-refractivity contribution is 6.20. The Labute approximate surface area is 157 Å². The summed E-state index contributed by atoms with van der Waals surface area (Å²) in [6, 6.07) is 20.6. The van der Waals surface area contributed by atoms with Crippen LogP contribution in [0.1, 0.15) is 39.0 Å². The first-order chi connectivity index (χ1) is 13.2. The fourth-order valence-electron chi connectivity index (χ4n) is 3.41. The summed E-state index contributed by atoms with van der Waals surface area (Å²) in [5.41, 5.74) is 7.34. The highest BCUT2D eigenvalue weighted by atomic mass is 16.3. The standard InChI is InChI=1S/C24H18O3/c25-21-15-14-19-17(11-5-4-10-16-8-2-1-3-9-16)18-12-6-7-13-20(18)23(26)22(19)24(21)27/h1-3,5-9,12-15,25,27H,4,10H2. The smallest absolute Gasteiger partial charge is 0.198 e. The number of phenolic OH excluding ortho intramolecular Hbond substituents is 2. The maximum Gasteiger partial charge on any atom is 0.198 e. The lowest BCUT2D eigenvalue weighted by Gasteiger charge is -2.21. The number of aryl methyl sites for hydroxylation is 1. The van der Waals surface area contributed by atoms with E-state index in [4.69, 9.17) is 0 Å². The molecule has 0 radical (unpaired) electrons. The van der Waals surface area contributed by atoms with E-state index in [1.165, 1.54) is 11.6 Å². The van der Waals surface area contributed by atoms with Gasteiger partial charge in [0.25, 0.3) is 0 Å². The van der Waals surface area contributed by atoms with Gasteiger partial charge in [0.15, 0.2) is 17.3 Å². The van der Waals surface area contributed by atoms with Crippen molar-refractivity contribution in [2.45, 2.75) is 12.8 Å². The molecule has 1 aliphatic rings. The Morgan fingerprint density at radius 1 is 0.815 bits per heavy atom. The van der Waals surface area contributed by atoms with Gasteiger partial charge in [0.05, 0.1) is 5.56 Å². The third kappa shape index (κ3) is 3.05. The van der Waals surface area contributed by atoms with E-state index in [1.807, 2.05) is 36.4 Å². The molecule has 3 aromatic carbocycles. The van der Waals surface area contributed by atoms with Crippen molar-refractivity contribution in [3.63, 3.8) is 0 Å². The summed E-state index contributed by atoms with van der Waals surface area (Å²) in [7, 11) is 0. The minimum Gasteiger partial charge on any atom is -0.504 e. The molecule has 0 unspecified atom stereocenters. The minimum absolute atomic E-state index is 0.132. The number of ketones is 1. The van der Waals surface area contributed by atoms with E-state index >= 15 is 0 Å². The molecule has 0 saturated heterocycles. The van der Waals surface area contributed by atoms with Crippen LogP contribution in [-0.4, -0.2) is 16.0 Å². The molecule has 0 bridgehead atoms. The molecule has 0 atom stereocenters. The predicted octanol–water partition coefficient (Wildman–Crippen LogP) is 4.86. The van der Waals surface area contributed by atoms with E-state index in [9.17, 15) is 15.0 Å². The van der Waals surface area contributed by atoms with Crippen molar-refractivity contribution in [3.8, 4) is 11.5 Å². The molecule has 0 fully saturated rings. The Balaban J connectivity index is 1.79. The Morgan fingerprint density at radius 2 is 1.52 bits per heavy atom. The van der Waals surface area contributed by atoms with E-state index in [1.54, 1.807) is 18.2 Å². The van der Waals surface area contributed by atoms with Crippen molar-refractivity contribution < 1.29 is 15.0 Å². The Hall–Kier alpha value is -3.55. The topological polar surface area (TPSA) is 57.5 Å². The van der Waals surface area contributed by atoms with E-state index in [-0.39, 0.29) is 22.8 Å². The van der Waals surface area contributed by atoms with Crippen molar-refractivity contribution in [2.24, 2.45) is 0 Å². The number of aromatic hydroxyl groups is 2. The SMILES string of the molecule is O=C1c2ccccc2C(=C=CCCc2ccccc2)c2ccc(O)c(O)c21. The monoisotopic (exact) mass is 354 g/mol. The molecule has 0 spiro atoms. The quantitative estimate of drug-likeness (QED) is 0.408. The number of rotatable bonds is 3. The summed E-state index contributed by atoms with van der Waals surface area (Å²) >= 11 is 0. The minimum atomic E-state index is -0.379. The fourth-order valence-corrected chi connectivity index (χ4v) is 3.41. The molecule has 0 aliphatic heterocycles. The highest BCUT2D eigenvalue weighted by Gasteiger charge is 2.30. The van der Waals surface area contributed by atoms with Gasteiger partial charge in [-0.1, -0.05) is 54.6 Å². The number of carbonyl (C=O) groups excluding carboxylic acids is 1. The fraction of sp³-hybridized carbons (Fsp3) is 0.0833. The predicted molar refractivity (Wildman–Crippen MR) is 105 cm³/mol. The van der Waals surface area contributed by atoms with Gasteiger partial charge in [-0.2, -0.15) is 0 Å². The van der Waals surface area contributed by atoms with Crippen LogP contribution in [-0.2, 0) is 6.42 Å². The Kier molecular flexibility index (Phi) is 4.37. The molecule has 0 saturated carbocycles. The third-order valence-corrected chi connectivity index (χ3v) is 4.76. The lowest BCUT2D eigenvalue weighted by molar-refractivity contribution is 0.103. The molecule has 4 rings (SSSR count). The summed E-state index contributed by atoms with van der Waals surface area (Å²) in [4.78, 5) is 12.8. The molecule has 27 heavy (non-hydrogen) atoms. The van der Waals surface area contributed by atoms with Crippen LogP contribution < -0.4 is 0 Å². The van der Waals surface area contributed by atoms with Crippen LogP contribution in [0.5, 0.6) is 11.5 Å². The molecule has 3 aromatic rings. The van der Waals surface area contributed by atoms with Crippen LogP contribution >= 0.6 is 0 Å². The maximum absolute atomic E-state index is 12.8. The number of allylic oxidation sites excluding steroid dienone is 1. The zero-order valence-corrected chi connectivity index (χ0v) is 14.6. The van der Waals surface area contributed by atoms with Crippen molar-refractivity contribution in [1.82, 2.24) is 0 Å². The lowest BCUT2D eigenvalue weighted by atomic mass is 9.81. The van der Waals surface area contributed by atoms with Crippen LogP contribution in [0.4, 0.5) is 0 Å². The maximum atomic E-state index is 12.8. The van der Waals surface area contributed by atoms with E-state index in [2.05, 4.69) is 17.9 Å². The van der Waals surface area contributed by atoms with Gasteiger partial charge >= 0.3 is 0 Å². The van der Waals surface area contributed by atoms with Gasteiger partial charge in [0.1, 0.15) is 0 Å². The molecule has 0 aromatic heterocycles. The molecule has 0 amide bonds. The number of fused-ring (bicyclic) bond motifs is 2. The van der Waals surface area contributed by atoms with Gasteiger partial charge < -0.3 is 10.2 Å². The second-order valence-electron chi connectivity index (χ2n) is 6.48. The highest BCUT2D eigenvalue weighted by Crippen LogP contribution is 2.42. The molecular formula is C24H18O3. The van der Waals surface area contributed by atoms with Gasteiger partial charge in [-0.05, 0) is 36.6 Å². The summed E-state index contributed by atoms with van der Waals surface area (Å²) in [5.74, 6) is -0.965. The first kappa shape index (κ1) is 16.9. The Bertz CT molecular complexity index is 1090. The van der Waals surface area contributed by atoms with Crippen LogP contribution in [0.25, 0.3) is 5.57 Å².